The first-order valence-corrected chi connectivity index (χ1v) is 10.3. The summed E-state index contributed by atoms with van der Waals surface area (Å²) in [6.07, 6.45) is 10.2. The van der Waals surface area contributed by atoms with Gasteiger partial charge in [-0.1, -0.05) is 69.4 Å². The van der Waals surface area contributed by atoms with Gasteiger partial charge in [0.2, 0.25) is 0 Å². The van der Waals surface area contributed by atoms with Crippen LogP contribution in [-0.2, 0) is 13.1 Å². The highest BCUT2D eigenvalue weighted by molar-refractivity contribution is 5.84. The van der Waals surface area contributed by atoms with E-state index in [1.807, 2.05) is 12.1 Å². The zero-order chi connectivity index (χ0) is 18.9. The number of rotatable bonds is 11. The van der Waals surface area contributed by atoms with Crippen molar-refractivity contribution >= 4 is 10.9 Å². The molecule has 0 bridgehead atoms. The molecule has 0 unspecified atom stereocenters. The Hall–Kier alpha value is -2.13. The van der Waals surface area contributed by atoms with E-state index in [2.05, 4.69) is 47.3 Å². The first-order chi connectivity index (χ1) is 13.3. The molecule has 0 aliphatic carbocycles. The van der Waals surface area contributed by atoms with Gasteiger partial charge < -0.3 is 9.88 Å². The number of halogens is 1. The molecule has 0 aliphatic rings. The number of hydrogen-bond donors (Lipinski definition) is 1. The Kier molecular flexibility index (Phi) is 7.46. The molecule has 1 heterocycles. The second kappa shape index (κ2) is 10.3. The van der Waals surface area contributed by atoms with Crippen LogP contribution >= 0.6 is 0 Å². The minimum atomic E-state index is -0.185. The lowest BCUT2D eigenvalue weighted by molar-refractivity contribution is 0.572. The fourth-order valence-corrected chi connectivity index (χ4v) is 3.63. The maximum Gasteiger partial charge on any atom is 0.123 e. The van der Waals surface area contributed by atoms with Crippen molar-refractivity contribution in [3.63, 3.8) is 0 Å². The van der Waals surface area contributed by atoms with Crippen molar-refractivity contribution in [2.24, 2.45) is 0 Å². The molecule has 2 aromatic carbocycles. The van der Waals surface area contributed by atoms with Gasteiger partial charge in [0.25, 0.3) is 0 Å². The minimum absolute atomic E-state index is 0.185. The van der Waals surface area contributed by atoms with E-state index in [4.69, 9.17) is 0 Å². The molecular formula is C24H31FN2. The van der Waals surface area contributed by atoms with Crippen molar-refractivity contribution in [3.05, 3.63) is 71.7 Å². The molecule has 0 saturated carbocycles. The monoisotopic (exact) mass is 366 g/mol. The molecule has 3 aromatic rings. The molecule has 1 N–H and O–H groups in total. The summed E-state index contributed by atoms with van der Waals surface area (Å²) >= 11 is 0. The molecule has 3 heteroatoms. The van der Waals surface area contributed by atoms with E-state index in [0.29, 0.717) is 0 Å². The molecule has 0 fully saturated rings. The van der Waals surface area contributed by atoms with Gasteiger partial charge in [-0.15, -0.1) is 0 Å². The lowest BCUT2D eigenvalue weighted by Crippen LogP contribution is -2.14. The van der Waals surface area contributed by atoms with Crippen LogP contribution in [0.4, 0.5) is 4.39 Å². The van der Waals surface area contributed by atoms with Crippen molar-refractivity contribution in [2.75, 3.05) is 6.54 Å². The van der Waals surface area contributed by atoms with E-state index in [1.165, 1.54) is 67.1 Å². The highest BCUT2D eigenvalue weighted by atomic mass is 19.1. The van der Waals surface area contributed by atoms with E-state index < -0.39 is 0 Å². The molecule has 0 radical (unpaired) electrons. The normalized spacial score (nSPS) is 11.3. The predicted molar refractivity (Wildman–Crippen MR) is 113 cm³/mol. The quantitative estimate of drug-likeness (QED) is 0.395. The summed E-state index contributed by atoms with van der Waals surface area (Å²) in [7, 11) is 0. The van der Waals surface area contributed by atoms with Crippen LogP contribution in [0.25, 0.3) is 10.9 Å². The van der Waals surface area contributed by atoms with Gasteiger partial charge in [-0.05, 0) is 42.3 Å². The van der Waals surface area contributed by atoms with Crippen molar-refractivity contribution in [1.29, 1.82) is 0 Å². The van der Waals surface area contributed by atoms with Gasteiger partial charge >= 0.3 is 0 Å². The summed E-state index contributed by atoms with van der Waals surface area (Å²) in [5.41, 5.74) is 3.68. The number of hydrogen-bond acceptors (Lipinski definition) is 1. The van der Waals surface area contributed by atoms with Crippen LogP contribution in [-0.4, -0.2) is 11.1 Å². The van der Waals surface area contributed by atoms with E-state index in [9.17, 15) is 4.39 Å². The number of para-hydroxylation sites is 1. The van der Waals surface area contributed by atoms with Gasteiger partial charge in [-0.25, -0.2) is 4.39 Å². The van der Waals surface area contributed by atoms with E-state index >= 15 is 0 Å². The van der Waals surface area contributed by atoms with Gasteiger partial charge in [-0.3, -0.25) is 0 Å². The maximum atomic E-state index is 13.2. The third-order valence-electron chi connectivity index (χ3n) is 5.16. The number of fused-ring (bicyclic) bond motifs is 1. The Balaban J connectivity index is 1.58. The number of benzene rings is 2. The Morgan fingerprint density at radius 3 is 2.44 bits per heavy atom. The summed E-state index contributed by atoms with van der Waals surface area (Å²) in [4.78, 5) is 0. The minimum Gasteiger partial charge on any atom is -0.343 e. The predicted octanol–water partition coefficient (Wildman–Crippen LogP) is 6.28. The average molecular weight is 367 g/mol. The van der Waals surface area contributed by atoms with Crippen molar-refractivity contribution in [3.8, 4) is 0 Å². The molecule has 2 nitrogen and oxygen atoms in total. The first kappa shape index (κ1) is 19.6. The number of nitrogens with zero attached hydrogens (tertiary/aromatic N) is 1. The van der Waals surface area contributed by atoms with Gasteiger partial charge in [0, 0.05) is 30.2 Å². The SMILES string of the molecule is CCCCCCCCNCc1cn(Cc2ccc(F)cc2)c2ccccc12. The Labute approximate surface area is 162 Å². The summed E-state index contributed by atoms with van der Waals surface area (Å²) in [6.45, 7) is 4.99. The number of nitrogens with one attached hydrogen (secondary N) is 1. The van der Waals surface area contributed by atoms with Crippen LogP contribution < -0.4 is 5.32 Å². The Morgan fingerprint density at radius 2 is 1.63 bits per heavy atom. The largest absolute Gasteiger partial charge is 0.343 e. The number of aromatic nitrogens is 1. The molecule has 0 amide bonds. The lowest BCUT2D eigenvalue weighted by atomic mass is 10.1. The number of unbranched alkanes of at least 4 members (excludes halogenated alkanes) is 5. The van der Waals surface area contributed by atoms with Crippen LogP contribution in [0.15, 0.2) is 54.7 Å². The second-order valence-electron chi connectivity index (χ2n) is 7.37. The van der Waals surface area contributed by atoms with Crippen LogP contribution in [0, 0.1) is 5.82 Å². The average Bonchev–Trinajstić information content (AvgIpc) is 3.03. The van der Waals surface area contributed by atoms with Crippen molar-refractivity contribution < 1.29 is 4.39 Å². The van der Waals surface area contributed by atoms with E-state index in [-0.39, 0.29) is 5.82 Å². The third-order valence-corrected chi connectivity index (χ3v) is 5.16. The van der Waals surface area contributed by atoms with Crippen LogP contribution in [0.1, 0.15) is 56.6 Å². The first-order valence-electron chi connectivity index (χ1n) is 10.3. The van der Waals surface area contributed by atoms with E-state index in [1.54, 1.807) is 0 Å². The fraction of sp³-hybridized carbons (Fsp3) is 0.417. The van der Waals surface area contributed by atoms with Gasteiger partial charge in [-0.2, -0.15) is 0 Å². The molecule has 0 atom stereocenters. The smallest absolute Gasteiger partial charge is 0.123 e. The molecule has 0 spiro atoms. The fourth-order valence-electron chi connectivity index (χ4n) is 3.63. The zero-order valence-corrected chi connectivity index (χ0v) is 16.4. The van der Waals surface area contributed by atoms with Gasteiger partial charge in [0.1, 0.15) is 5.82 Å². The zero-order valence-electron chi connectivity index (χ0n) is 16.4. The lowest BCUT2D eigenvalue weighted by Gasteiger charge is -2.05. The van der Waals surface area contributed by atoms with Crippen LogP contribution in [0.3, 0.4) is 0 Å². The topological polar surface area (TPSA) is 17.0 Å². The molecule has 144 valence electrons. The van der Waals surface area contributed by atoms with Crippen molar-refractivity contribution in [2.45, 2.75) is 58.5 Å². The summed E-state index contributed by atoms with van der Waals surface area (Å²) in [5, 5.41) is 4.91. The van der Waals surface area contributed by atoms with E-state index in [0.717, 1.165) is 25.2 Å². The molecule has 3 rings (SSSR count). The molecule has 27 heavy (non-hydrogen) atoms. The van der Waals surface area contributed by atoms with Crippen LogP contribution in [0.2, 0.25) is 0 Å². The third kappa shape index (κ3) is 5.67. The molecular weight excluding hydrogens is 335 g/mol. The Bertz CT molecular complexity index is 820. The molecule has 0 saturated heterocycles. The Morgan fingerprint density at radius 1 is 0.889 bits per heavy atom. The van der Waals surface area contributed by atoms with Gasteiger partial charge in [0.05, 0.1) is 0 Å². The highest BCUT2D eigenvalue weighted by Gasteiger charge is 2.08. The maximum absolute atomic E-state index is 13.2. The standard InChI is InChI=1S/C24H31FN2/c1-2-3-4-5-6-9-16-26-17-21-19-27(24-11-8-7-10-23(21)24)18-20-12-14-22(25)15-13-20/h7-8,10-15,19,26H,2-6,9,16-18H2,1H3. The molecule has 1 aromatic heterocycles. The second-order valence-corrected chi connectivity index (χ2v) is 7.37. The molecule has 0 aliphatic heterocycles. The van der Waals surface area contributed by atoms with Crippen LogP contribution in [0.5, 0.6) is 0 Å². The van der Waals surface area contributed by atoms with Gasteiger partial charge in [0.15, 0.2) is 0 Å². The highest BCUT2D eigenvalue weighted by Crippen LogP contribution is 2.22. The van der Waals surface area contributed by atoms with Crippen molar-refractivity contribution in [1.82, 2.24) is 9.88 Å². The summed E-state index contributed by atoms with van der Waals surface area (Å²) < 4.78 is 15.4. The summed E-state index contributed by atoms with van der Waals surface area (Å²) in [5.74, 6) is -0.185. The summed E-state index contributed by atoms with van der Waals surface area (Å²) in [6, 6.07) is 15.3.